The van der Waals surface area contributed by atoms with Gasteiger partial charge in [0.1, 0.15) is 5.82 Å². The van der Waals surface area contributed by atoms with Crippen LogP contribution < -0.4 is 17.0 Å². The van der Waals surface area contributed by atoms with Gasteiger partial charge in [-0.2, -0.15) is 0 Å². The molecule has 2 aromatic carbocycles. The first kappa shape index (κ1) is 18.3. The number of nitrogens with two attached hydrogens (primary N) is 2. The molecule has 0 atom stereocenters. The molecule has 0 saturated heterocycles. The third-order valence-electron chi connectivity index (χ3n) is 4.32. The van der Waals surface area contributed by atoms with Gasteiger partial charge in [0, 0.05) is 24.3 Å². The Bertz CT molecular complexity index is 1080. The molecule has 6 nitrogen and oxygen atoms in total. The molecular weight excluding hydrogens is 340 g/mol. The molecule has 27 heavy (non-hydrogen) atoms. The Morgan fingerprint density at radius 2 is 1.93 bits per heavy atom. The second-order valence-corrected chi connectivity index (χ2v) is 5.93. The van der Waals surface area contributed by atoms with Gasteiger partial charge < -0.3 is 16.2 Å². The number of methoxy groups -OCH3 is 1. The number of benzene rings is 2. The third kappa shape index (κ3) is 3.42. The monoisotopic (exact) mass is 362 g/mol. The Kier molecular flexibility index (Phi) is 5.26. The topological polar surface area (TPSA) is 96.2 Å². The lowest BCUT2D eigenvalue weighted by atomic mass is 10.0. The summed E-state index contributed by atoms with van der Waals surface area (Å²) < 4.78 is 6.66. The molecule has 1 aromatic heterocycles. The van der Waals surface area contributed by atoms with Gasteiger partial charge in [-0.05, 0) is 23.8 Å². The number of ether oxygens (including phenoxy) is 1. The van der Waals surface area contributed by atoms with E-state index in [1.54, 1.807) is 10.6 Å². The zero-order valence-electron chi connectivity index (χ0n) is 15.3. The van der Waals surface area contributed by atoms with Gasteiger partial charge in [0.05, 0.1) is 23.7 Å². The van der Waals surface area contributed by atoms with E-state index in [0.29, 0.717) is 34.3 Å². The molecular formula is C21H22N4O2. The van der Waals surface area contributed by atoms with Gasteiger partial charge in [0.15, 0.2) is 5.88 Å². The van der Waals surface area contributed by atoms with E-state index in [-0.39, 0.29) is 11.4 Å². The Labute approximate surface area is 157 Å². The number of rotatable bonds is 5. The van der Waals surface area contributed by atoms with E-state index in [1.807, 2.05) is 55.5 Å². The number of allylic oxidation sites excluding steroid dienone is 2. The van der Waals surface area contributed by atoms with Gasteiger partial charge in [0.25, 0.3) is 5.56 Å². The summed E-state index contributed by atoms with van der Waals surface area (Å²) in [5.74, 6) is 0.895. The molecule has 138 valence electrons. The normalized spacial score (nSPS) is 12.4. The molecule has 0 aliphatic rings. The van der Waals surface area contributed by atoms with Crippen molar-refractivity contribution >= 4 is 16.5 Å². The predicted octanol–water partition coefficient (Wildman–Crippen LogP) is 2.69. The summed E-state index contributed by atoms with van der Waals surface area (Å²) in [6, 6.07) is 15.0. The lowest BCUT2D eigenvalue weighted by molar-refractivity contribution is 0.288. The fourth-order valence-electron chi connectivity index (χ4n) is 3.03. The Balaban J connectivity index is 2.38. The summed E-state index contributed by atoms with van der Waals surface area (Å²) >= 11 is 0. The maximum atomic E-state index is 13.5. The summed E-state index contributed by atoms with van der Waals surface area (Å²) in [7, 11) is 1.47. The van der Waals surface area contributed by atoms with Crippen LogP contribution in [0.4, 0.5) is 0 Å². The van der Waals surface area contributed by atoms with E-state index < -0.39 is 0 Å². The molecule has 0 aliphatic carbocycles. The summed E-state index contributed by atoms with van der Waals surface area (Å²) in [5.41, 5.74) is 14.1. The number of aryl methyl sites for hydroxylation is 1. The van der Waals surface area contributed by atoms with Gasteiger partial charge in [-0.3, -0.25) is 9.36 Å². The fraction of sp³-hybridized carbons (Fsp3) is 0.143. The number of hydrogen-bond donors (Lipinski definition) is 2. The summed E-state index contributed by atoms with van der Waals surface area (Å²) in [4.78, 5) is 18.2. The highest BCUT2D eigenvalue weighted by atomic mass is 16.5. The minimum absolute atomic E-state index is 0.151. The molecule has 1 heterocycles. The zero-order chi connectivity index (χ0) is 19.4. The van der Waals surface area contributed by atoms with Crippen molar-refractivity contribution in [2.45, 2.75) is 13.3 Å². The van der Waals surface area contributed by atoms with Crippen LogP contribution in [0.15, 0.2) is 71.5 Å². The predicted molar refractivity (Wildman–Crippen MR) is 108 cm³/mol. The average Bonchev–Trinajstić information content (AvgIpc) is 2.71. The Morgan fingerprint density at radius 3 is 2.56 bits per heavy atom. The molecule has 0 fully saturated rings. The van der Waals surface area contributed by atoms with Crippen molar-refractivity contribution in [1.82, 2.24) is 9.55 Å². The van der Waals surface area contributed by atoms with E-state index in [0.717, 1.165) is 5.69 Å². The van der Waals surface area contributed by atoms with E-state index in [2.05, 4.69) is 0 Å². The van der Waals surface area contributed by atoms with Crippen LogP contribution in [0, 0.1) is 0 Å². The molecule has 3 aromatic rings. The fourth-order valence-corrected chi connectivity index (χ4v) is 3.03. The molecule has 0 unspecified atom stereocenters. The largest absolute Gasteiger partial charge is 0.483 e. The molecule has 3 rings (SSSR count). The van der Waals surface area contributed by atoms with Crippen LogP contribution >= 0.6 is 0 Å². The maximum Gasteiger partial charge on any atom is 0.266 e. The lowest BCUT2D eigenvalue weighted by Crippen LogP contribution is -2.24. The van der Waals surface area contributed by atoms with Gasteiger partial charge in [-0.15, -0.1) is 0 Å². The summed E-state index contributed by atoms with van der Waals surface area (Å²) in [5, 5.41) is 0.482. The number of hydrogen-bond acceptors (Lipinski definition) is 5. The second kappa shape index (κ2) is 7.78. The van der Waals surface area contributed by atoms with Crippen LogP contribution in [0.1, 0.15) is 18.3 Å². The molecule has 0 saturated carbocycles. The number of aromatic nitrogens is 2. The first-order chi connectivity index (χ1) is 13.1. The van der Waals surface area contributed by atoms with Gasteiger partial charge >= 0.3 is 0 Å². The minimum atomic E-state index is -0.151. The van der Waals surface area contributed by atoms with E-state index in [4.69, 9.17) is 21.2 Å². The SMILES string of the molecule is CCc1nc2cccc(C(/C=C(\N)OC)=C/N)c2c(=O)n1-c1ccccc1. The van der Waals surface area contributed by atoms with Crippen LogP contribution in [0.3, 0.4) is 0 Å². The first-order valence-electron chi connectivity index (χ1n) is 8.64. The molecule has 4 N–H and O–H groups in total. The van der Waals surface area contributed by atoms with Crippen molar-refractivity contribution in [1.29, 1.82) is 0 Å². The highest BCUT2D eigenvalue weighted by molar-refractivity contribution is 5.94. The number of fused-ring (bicyclic) bond motifs is 1. The molecule has 6 heteroatoms. The lowest BCUT2D eigenvalue weighted by Gasteiger charge is -2.14. The maximum absolute atomic E-state index is 13.5. The van der Waals surface area contributed by atoms with Crippen molar-refractivity contribution in [3.05, 3.63) is 88.4 Å². The second-order valence-electron chi connectivity index (χ2n) is 5.93. The van der Waals surface area contributed by atoms with Crippen LogP contribution in [0.2, 0.25) is 0 Å². The molecule has 0 amide bonds. The molecule has 0 spiro atoms. The van der Waals surface area contributed by atoms with Crippen LogP contribution in [0.5, 0.6) is 0 Å². The molecule has 0 bridgehead atoms. The van der Waals surface area contributed by atoms with E-state index >= 15 is 0 Å². The van der Waals surface area contributed by atoms with Crippen LogP contribution in [-0.4, -0.2) is 16.7 Å². The summed E-state index contributed by atoms with van der Waals surface area (Å²) in [6.07, 6.45) is 3.62. The van der Waals surface area contributed by atoms with Crippen LogP contribution in [0.25, 0.3) is 22.2 Å². The minimum Gasteiger partial charge on any atom is -0.483 e. The highest BCUT2D eigenvalue weighted by Gasteiger charge is 2.16. The van der Waals surface area contributed by atoms with Crippen molar-refractivity contribution in [2.24, 2.45) is 11.5 Å². The van der Waals surface area contributed by atoms with E-state index in [9.17, 15) is 4.79 Å². The zero-order valence-corrected chi connectivity index (χ0v) is 15.3. The standard InChI is InChI=1S/C21H22N4O2/c1-3-19-24-17-11-7-10-16(14(13-22)12-18(23)27-2)20(17)21(26)25(19)15-8-5-4-6-9-15/h4-13H,3,22-23H2,1-2H3/b14-13+,18-12+. The van der Waals surface area contributed by atoms with Crippen molar-refractivity contribution in [3.63, 3.8) is 0 Å². The van der Waals surface area contributed by atoms with Gasteiger partial charge in [-0.25, -0.2) is 4.98 Å². The van der Waals surface area contributed by atoms with Crippen molar-refractivity contribution in [2.75, 3.05) is 7.11 Å². The third-order valence-corrected chi connectivity index (χ3v) is 4.32. The van der Waals surface area contributed by atoms with Crippen LogP contribution in [-0.2, 0) is 11.2 Å². The van der Waals surface area contributed by atoms with Crippen molar-refractivity contribution in [3.8, 4) is 5.69 Å². The molecule has 0 radical (unpaired) electrons. The average molecular weight is 362 g/mol. The van der Waals surface area contributed by atoms with Crippen molar-refractivity contribution < 1.29 is 4.74 Å². The smallest absolute Gasteiger partial charge is 0.266 e. The van der Waals surface area contributed by atoms with Gasteiger partial charge in [-0.1, -0.05) is 37.3 Å². The Morgan fingerprint density at radius 1 is 1.19 bits per heavy atom. The highest BCUT2D eigenvalue weighted by Crippen LogP contribution is 2.24. The first-order valence-corrected chi connectivity index (χ1v) is 8.64. The quantitative estimate of drug-likeness (QED) is 0.537. The Hall–Kier alpha value is -3.54. The number of nitrogens with zero attached hydrogens (tertiary/aromatic N) is 2. The van der Waals surface area contributed by atoms with E-state index in [1.165, 1.54) is 13.3 Å². The summed E-state index contributed by atoms with van der Waals surface area (Å²) in [6.45, 7) is 1.98. The number of para-hydroxylation sites is 1. The van der Waals surface area contributed by atoms with Gasteiger partial charge in [0.2, 0.25) is 0 Å². The molecule has 0 aliphatic heterocycles.